The van der Waals surface area contributed by atoms with Crippen LogP contribution >= 0.6 is 11.8 Å². The molecule has 0 saturated heterocycles. The lowest BCUT2D eigenvalue weighted by molar-refractivity contribution is -0.139. The molecule has 7 heteroatoms. The highest BCUT2D eigenvalue weighted by Gasteiger charge is 2.60. The van der Waals surface area contributed by atoms with Crippen LogP contribution < -0.4 is 5.32 Å². The Morgan fingerprint density at radius 3 is 2.76 bits per heavy atom. The molecule has 5 atom stereocenters. The number of hydrogen-bond acceptors (Lipinski definition) is 5. The molecule has 3 N–H and O–H groups in total. The standard InChI is InChI=1S/C27H34FNO4S/c1-15(19-7-5-6-17-11-20-24(23(17)19)25(20)26(31)32)33-14-18(30)13-29-27(2,3)12-16-8-9-22(34-4)21(28)10-16/h5-10,15,18,20,24-25,29-30H,11-14H2,1-4H3,(H,31,32)/t15-,18-,20+,24+,25-/m1/s1. The molecule has 4 rings (SSSR count). The van der Waals surface area contributed by atoms with Gasteiger partial charge in [0.25, 0.3) is 0 Å². The Labute approximate surface area is 205 Å². The van der Waals surface area contributed by atoms with E-state index in [1.165, 1.54) is 17.3 Å². The van der Waals surface area contributed by atoms with Crippen LogP contribution in [0, 0.1) is 17.7 Å². The summed E-state index contributed by atoms with van der Waals surface area (Å²) in [6.45, 7) is 6.53. The van der Waals surface area contributed by atoms with E-state index >= 15 is 0 Å². The molecule has 0 radical (unpaired) electrons. The summed E-state index contributed by atoms with van der Waals surface area (Å²) >= 11 is 1.39. The van der Waals surface area contributed by atoms with Gasteiger partial charge in [0.2, 0.25) is 0 Å². The van der Waals surface area contributed by atoms with Crippen molar-refractivity contribution in [3.8, 4) is 0 Å². The van der Waals surface area contributed by atoms with Gasteiger partial charge in [-0.2, -0.15) is 0 Å². The molecule has 0 bridgehead atoms. The third-order valence-electron chi connectivity index (χ3n) is 7.13. The molecule has 0 spiro atoms. The Kier molecular flexibility index (Phi) is 7.38. The molecule has 0 amide bonds. The van der Waals surface area contributed by atoms with Crippen molar-refractivity contribution in [3.63, 3.8) is 0 Å². The molecule has 2 aliphatic rings. The maximum Gasteiger partial charge on any atom is 0.307 e. The predicted molar refractivity (Wildman–Crippen MR) is 132 cm³/mol. The van der Waals surface area contributed by atoms with Crippen molar-refractivity contribution < 1.29 is 24.1 Å². The maximum atomic E-state index is 14.1. The van der Waals surface area contributed by atoms with Crippen LogP contribution in [0.4, 0.5) is 4.39 Å². The summed E-state index contributed by atoms with van der Waals surface area (Å²) in [5.41, 5.74) is 3.98. The highest BCUT2D eigenvalue weighted by atomic mass is 32.2. The van der Waals surface area contributed by atoms with Crippen molar-refractivity contribution in [1.82, 2.24) is 5.32 Å². The Hall–Kier alpha value is -1.93. The van der Waals surface area contributed by atoms with E-state index in [0.717, 1.165) is 23.1 Å². The summed E-state index contributed by atoms with van der Waals surface area (Å²) in [6.07, 6.45) is 2.38. The number of carboxylic acids is 1. The smallest absolute Gasteiger partial charge is 0.307 e. The number of β-amino-alcohol motifs (C(OH)–C–C–N with tert-alkyl or cyclic N) is 1. The molecule has 1 saturated carbocycles. The Bertz CT molecular complexity index is 1060. The van der Waals surface area contributed by atoms with Gasteiger partial charge in [-0.25, -0.2) is 4.39 Å². The van der Waals surface area contributed by atoms with Crippen molar-refractivity contribution in [2.45, 2.75) is 62.2 Å². The van der Waals surface area contributed by atoms with Gasteiger partial charge in [-0.15, -0.1) is 11.8 Å². The Morgan fingerprint density at radius 2 is 2.09 bits per heavy atom. The largest absolute Gasteiger partial charge is 0.481 e. The summed E-state index contributed by atoms with van der Waals surface area (Å²) < 4.78 is 20.1. The summed E-state index contributed by atoms with van der Waals surface area (Å²) in [6, 6.07) is 11.4. The van der Waals surface area contributed by atoms with Crippen LogP contribution in [0.5, 0.6) is 0 Å². The second-order valence-electron chi connectivity index (χ2n) is 10.2. The first-order valence-electron chi connectivity index (χ1n) is 11.8. The lowest BCUT2D eigenvalue weighted by Crippen LogP contribution is -2.46. The first-order valence-corrected chi connectivity index (χ1v) is 13.1. The molecule has 2 aromatic carbocycles. The Balaban J connectivity index is 1.29. The van der Waals surface area contributed by atoms with Crippen LogP contribution in [-0.4, -0.2) is 47.2 Å². The minimum atomic E-state index is -0.712. The van der Waals surface area contributed by atoms with Crippen molar-refractivity contribution in [1.29, 1.82) is 0 Å². The third-order valence-corrected chi connectivity index (χ3v) is 7.90. The summed E-state index contributed by atoms with van der Waals surface area (Å²) in [4.78, 5) is 12.1. The number of carbonyl (C=O) groups is 1. The molecule has 0 aromatic heterocycles. The normalized spacial score (nSPS) is 22.7. The molecule has 0 heterocycles. The summed E-state index contributed by atoms with van der Waals surface area (Å²) in [7, 11) is 0. The fraction of sp³-hybridized carbons (Fsp3) is 0.519. The monoisotopic (exact) mass is 487 g/mol. The van der Waals surface area contributed by atoms with Crippen molar-refractivity contribution in [3.05, 3.63) is 64.5 Å². The minimum absolute atomic E-state index is 0.0944. The number of aliphatic carboxylic acids is 1. The van der Waals surface area contributed by atoms with Gasteiger partial charge >= 0.3 is 5.97 Å². The zero-order chi connectivity index (χ0) is 24.6. The number of halogens is 1. The van der Waals surface area contributed by atoms with Crippen LogP contribution in [0.15, 0.2) is 41.3 Å². The van der Waals surface area contributed by atoms with Crippen LogP contribution in [-0.2, 0) is 22.4 Å². The molecule has 34 heavy (non-hydrogen) atoms. The van der Waals surface area contributed by atoms with Crippen LogP contribution in [0.3, 0.4) is 0 Å². The molecule has 2 aromatic rings. The first kappa shape index (κ1) is 25.2. The number of carboxylic acid groups (broad SMARTS) is 1. The number of aliphatic hydroxyl groups excluding tert-OH is 1. The molecule has 184 valence electrons. The molecule has 0 aliphatic heterocycles. The van der Waals surface area contributed by atoms with Crippen molar-refractivity contribution in [2.75, 3.05) is 19.4 Å². The van der Waals surface area contributed by atoms with E-state index in [2.05, 4.69) is 11.4 Å². The van der Waals surface area contributed by atoms with Gasteiger partial charge in [-0.1, -0.05) is 24.3 Å². The molecular weight excluding hydrogens is 453 g/mol. The summed E-state index contributed by atoms with van der Waals surface area (Å²) in [5, 5.41) is 23.4. The molecule has 5 nitrogen and oxygen atoms in total. The van der Waals surface area contributed by atoms with E-state index in [9.17, 15) is 19.4 Å². The Morgan fingerprint density at radius 1 is 1.32 bits per heavy atom. The number of benzene rings is 2. The average molecular weight is 488 g/mol. The van der Waals surface area contributed by atoms with E-state index < -0.39 is 12.1 Å². The van der Waals surface area contributed by atoms with E-state index in [0.29, 0.717) is 17.9 Å². The van der Waals surface area contributed by atoms with E-state index in [4.69, 9.17) is 4.74 Å². The van der Waals surface area contributed by atoms with E-state index in [1.807, 2.05) is 45.2 Å². The number of aliphatic hydroxyl groups is 1. The SMILES string of the molecule is CSc1ccc(CC(C)(C)NC[C@@H](O)CO[C@H](C)c2cccc3c2[C@@H]2[C@H](C3)[C@H]2C(=O)O)cc1F. The topological polar surface area (TPSA) is 78.8 Å². The van der Waals surface area contributed by atoms with Gasteiger partial charge in [0.15, 0.2) is 0 Å². The van der Waals surface area contributed by atoms with Crippen LogP contribution in [0.25, 0.3) is 0 Å². The quantitative estimate of drug-likeness (QED) is 0.403. The lowest BCUT2D eigenvalue weighted by Gasteiger charge is -2.28. The van der Waals surface area contributed by atoms with Crippen LogP contribution in [0.1, 0.15) is 55.0 Å². The second kappa shape index (κ2) is 9.97. The van der Waals surface area contributed by atoms with Gasteiger partial charge in [0.1, 0.15) is 5.82 Å². The summed E-state index contributed by atoms with van der Waals surface area (Å²) in [5.74, 6) is -0.887. The van der Waals surface area contributed by atoms with Crippen molar-refractivity contribution >= 4 is 17.7 Å². The number of hydrogen-bond donors (Lipinski definition) is 3. The number of fused-ring (bicyclic) bond motifs is 3. The van der Waals surface area contributed by atoms with Crippen LogP contribution in [0.2, 0.25) is 0 Å². The molecular formula is C27H34FNO4S. The second-order valence-corrected chi connectivity index (χ2v) is 11.1. The van der Waals surface area contributed by atoms with E-state index in [-0.39, 0.29) is 41.8 Å². The number of ether oxygens (including phenoxy) is 1. The predicted octanol–water partition coefficient (Wildman–Crippen LogP) is 4.57. The number of nitrogens with one attached hydrogen (secondary N) is 1. The maximum absolute atomic E-state index is 14.1. The van der Waals surface area contributed by atoms with Gasteiger partial charge in [0, 0.05) is 22.9 Å². The number of rotatable bonds is 11. The van der Waals surface area contributed by atoms with Gasteiger partial charge in [-0.3, -0.25) is 4.79 Å². The van der Waals surface area contributed by atoms with E-state index in [1.54, 1.807) is 12.1 Å². The lowest BCUT2D eigenvalue weighted by atomic mass is 9.94. The fourth-order valence-corrected chi connectivity index (χ4v) is 5.83. The molecule has 1 fully saturated rings. The fourth-order valence-electron chi connectivity index (χ4n) is 5.37. The van der Waals surface area contributed by atoms with Gasteiger partial charge < -0.3 is 20.3 Å². The molecule has 0 unspecified atom stereocenters. The minimum Gasteiger partial charge on any atom is -0.481 e. The third kappa shape index (κ3) is 5.33. The zero-order valence-electron chi connectivity index (χ0n) is 20.2. The van der Waals surface area contributed by atoms with Crippen molar-refractivity contribution in [2.24, 2.45) is 11.8 Å². The molecule has 2 aliphatic carbocycles. The number of thioether (sulfide) groups is 1. The van der Waals surface area contributed by atoms with Gasteiger partial charge in [0.05, 0.1) is 24.7 Å². The highest BCUT2D eigenvalue weighted by molar-refractivity contribution is 7.98. The average Bonchev–Trinajstić information content (AvgIpc) is 3.37. The zero-order valence-corrected chi connectivity index (χ0v) is 21.0. The highest BCUT2D eigenvalue weighted by Crippen LogP contribution is 2.62. The van der Waals surface area contributed by atoms with Gasteiger partial charge in [-0.05, 0) is 80.2 Å². The first-order chi connectivity index (χ1) is 16.1.